The molecule has 0 radical (unpaired) electrons. The van der Waals surface area contributed by atoms with Crippen molar-refractivity contribution in [2.24, 2.45) is 16.6 Å². The van der Waals surface area contributed by atoms with E-state index < -0.39 is 12.0 Å². The van der Waals surface area contributed by atoms with E-state index in [2.05, 4.69) is 25.8 Å². The highest BCUT2D eigenvalue weighted by atomic mass is 19.3. The third kappa shape index (κ3) is 9.65. The Hall–Kier alpha value is -2.08. The molecule has 0 aromatic heterocycles. The summed E-state index contributed by atoms with van der Waals surface area (Å²) in [5.41, 5.74) is 7.69. The molecule has 2 rings (SSSR count). The summed E-state index contributed by atoms with van der Waals surface area (Å²) in [5, 5.41) is 0. The van der Waals surface area contributed by atoms with E-state index in [0.29, 0.717) is 23.6 Å². The number of carbonyl (C=O) groups excluding carboxylic acids is 1. The topological polar surface area (TPSA) is 58.7 Å². The van der Waals surface area contributed by atoms with Crippen LogP contribution in [0.25, 0.3) is 0 Å². The molecule has 0 spiro atoms. The summed E-state index contributed by atoms with van der Waals surface area (Å²) >= 11 is 0. The van der Waals surface area contributed by atoms with Gasteiger partial charge < -0.3 is 4.90 Å². The number of benzene rings is 1. The number of aryl methyl sites for hydroxylation is 1. The van der Waals surface area contributed by atoms with E-state index in [1.807, 2.05) is 31.0 Å². The van der Waals surface area contributed by atoms with Gasteiger partial charge >= 0.3 is 6.05 Å². The quantitative estimate of drug-likeness (QED) is 0.220. The zero-order chi connectivity index (χ0) is 25.7. The first kappa shape index (κ1) is 30.0. The molecule has 1 aromatic rings. The number of nitrogens with two attached hydrogens (primary N) is 1. The zero-order valence-corrected chi connectivity index (χ0v) is 21.9. The monoisotopic (exact) mass is 477 g/mol. The predicted octanol–water partition coefficient (Wildman–Crippen LogP) is 7.23. The molecule has 1 amide bonds. The molecule has 1 fully saturated rings. The number of aliphatic imine (C=N–C) groups is 1. The molecular formula is C28H45F2N3O. The van der Waals surface area contributed by atoms with Gasteiger partial charge in [0.05, 0.1) is 5.92 Å². The summed E-state index contributed by atoms with van der Waals surface area (Å²) < 4.78 is 25.4. The molecule has 1 aromatic carbocycles. The highest BCUT2D eigenvalue weighted by Gasteiger charge is 2.32. The van der Waals surface area contributed by atoms with Crippen molar-refractivity contribution in [1.29, 1.82) is 0 Å². The Bertz CT molecular complexity index is 763. The second-order valence-electron chi connectivity index (χ2n) is 9.48. The maximum absolute atomic E-state index is 12.7. The second kappa shape index (κ2) is 15.0. The van der Waals surface area contributed by atoms with Gasteiger partial charge in [0.2, 0.25) is 6.41 Å². The molecule has 6 heteroatoms. The standard InChI is InChI=1S/C18H32N2O.C10H13F2N/c1-5-8-18(19-13-6-2)16-9-11-17(12-10-16)20(14-21)15(4)7-3;1-7-3-5-9(6-4-7)8(2)10(11,12)13/h6,13-17H,5,7-12H2,1-4H3;3-6,8H,13H2,1-2H3/b13-6-,19-18?;. The Morgan fingerprint density at radius 1 is 1.18 bits per heavy atom. The normalized spacial score (nSPS) is 20.9. The molecular weight excluding hydrogens is 432 g/mol. The van der Waals surface area contributed by atoms with Gasteiger partial charge in [-0.1, -0.05) is 63.1 Å². The van der Waals surface area contributed by atoms with E-state index in [1.54, 1.807) is 24.3 Å². The first-order chi connectivity index (χ1) is 16.1. The predicted molar refractivity (Wildman–Crippen MR) is 139 cm³/mol. The molecule has 4 nitrogen and oxygen atoms in total. The van der Waals surface area contributed by atoms with Gasteiger partial charge in [-0.25, -0.2) is 0 Å². The van der Waals surface area contributed by atoms with E-state index in [-0.39, 0.29) is 0 Å². The van der Waals surface area contributed by atoms with E-state index in [4.69, 9.17) is 5.73 Å². The number of nitrogens with zero attached hydrogens (tertiary/aromatic N) is 2. The molecule has 2 unspecified atom stereocenters. The number of amides is 1. The van der Waals surface area contributed by atoms with Crippen LogP contribution in [0.2, 0.25) is 0 Å². The summed E-state index contributed by atoms with van der Waals surface area (Å²) in [6.45, 7) is 11.9. The van der Waals surface area contributed by atoms with E-state index in [9.17, 15) is 13.6 Å². The SMILES string of the molecule is C/C=C\N=C(CCC)C1CCC(N(C=O)C(C)CC)CC1.Cc1ccc(C(C)C(N)(F)F)cc1. The molecule has 0 aliphatic heterocycles. The van der Waals surface area contributed by atoms with Gasteiger partial charge in [-0.05, 0) is 70.8 Å². The summed E-state index contributed by atoms with van der Waals surface area (Å²) in [6.07, 6.45) is 12.8. The molecule has 0 bridgehead atoms. The smallest absolute Gasteiger partial charge is 0.306 e. The number of rotatable bonds is 10. The van der Waals surface area contributed by atoms with Gasteiger partial charge in [0.25, 0.3) is 0 Å². The van der Waals surface area contributed by atoms with Crippen LogP contribution in [0.15, 0.2) is 41.5 Å². The van der Waals surface area contributed by atoms with Crippen molar-refractivity contribution in [3.8, 4) is 0 Å². The lowest BCUT2D eigenvalue weighted by atomic mass is 9.81. The van der Waals surface area contributed by atoms with Crippen LogP contribution in [-0.2, 0) is 4.79 Å². The Labute approximate surface area is 205 Å². The third-order valence-corrected chi connectivity index (χ3v) is 6.86. The molecule has 2 atom stereocenters. The molecule has 0 heterocycles. The van der Waals surface area contributed by atoms with E-state index in [0.717, 1.165) is 44.1 Å². The first-order valence-corrected chi connectivity index (χ1v) is 12.7. The lowest BCUT2D eigenvalue weighted by Crippen LogP contribution is -2.43. The van der Waals surface area contributed by atoms with Crippen molar-refractivity contribution in [3.63, 3.8) is 0 Å². The summed E-state index contributed by atoms with van der Waals surface area (Å²) in [5.74, 6) is -0.323. The Morgan fingerprint density at radius 3 is 2.21 bits per heavy atom. The number of halogens is 2. The number of alkyl halides is 2. The van der Waals surface area contributed by atoms with E-state index >= 15 is 0 Å². The van der Waals surface area contributed by atoms with Crippen LogP contribution in [0.1, 0.15) is 96.6 Å². The van der Waals surface area contributed by atoms with Crippen molar-refractivity contribution in [3.05, 3.63) is 47.7 Å². The number of hydrogen-bond acceptors (Lipinski definition) is 3. The summed E-state index contributed by atoms with van der Waals surface area (Å²) in [6, 6.07) is 4.61. The average molecular weight is 478 g/mol. The van der Waals surface area contributed by atoms with Crippen molar-refractivity contribution in [2.75, 3.05) is 0 Å². The Morgan fingerprint density at radius 2 is 1.76 bits per heavy atom. The number of carbonyl (C=O) groups is 1. The molecule has 0 saturated heterocycles. The summed E-state index contributed by atoms with van der Waals surface area (Å²) in [7, 11) is 0. The minimum Gasteiger partial charge on any atom is -0.340 e. The third-order valence-electron chi connectivity index (χ3n) is 6.86. The minimum atomic E-state index is -3.14. The largest absolute Gasteiger partial charge is 0.340 e. The van der Waals surface area contributed by atoms with E-state index in [1.165, 1.54) is 25.5 Å². The van der Waals surface area contributed by atoms with Crippen LogP contribution in [0, 0.1) is 12.8 Å². The van der Waals surface area contributed by atoms with Crippen molar-refractivity contribution in [2.45, 2.75) is 111 Å². The van der Waals surface area contributed by atoms with Crippen LogP contribution >= 0.6 is 0 Å². The van der Waals surface area contributed by atoms with Crippen LogP contribution < -0.4 is 5.73 Å². The highest BCUT2D eigenvalue weighted by molar-refractivity contribution is 5.87. The molecule has 34 heavy (non-hydrogen) atoms. The maximum atomic E-state index is 12.7. The van der Waals surface area contributed by atoms with Gasteiger partial charge in [0, 0.05) is 24.0 Å². The van der Waals surface area contributed by atoms with Crippen LogP contribution in [0.4, 0.5) is 8.78 Å². The Balaban J connectivity index is 0.000000380. The fourth-order valence-electron chi connectivity index (χ4n) is 4.35. The lowest BCUT2D eigenvalue weighted by molar-refractivity contribution is -0.123. The maximum Gasteiger partial charge on any atom is 0.306 e. The lowest BCUT2D eigenvalue weighted by Gasteiger charge is -2.38. The van der Waals surface area contributed by atoms with Crippen molar-refractivity contribution < 1.29 is 13.6 Å². The highest BCUT2D eigenvalue weighted by Crippen LogP contribution is 2.31. The first-order valence-electron chi connectivity index (χ1n) is 12.7. The van der Waals surface area contributed by atoms with Gasteiger partial charge in [-0.3, -0.25) is 15.5 Å². The van der Waals surface area contributed by atoms with Gasteiger partial charge in [0.15, 0.2) is 0 Å². The second-order valence-corrected chi connectivity index (χ2v) is 9.48. The molecule has 1 aliphatic carbocycles. The van der Waals surface area contributed by atoms with Crippen LogP contribution in [0.5, 0.6) is 0 Å². The fraction of sp³-hybridized carbons (Fsp3) is 0.643. The van der Waals surface area contributed by atoms with Gasteiger partial charge in [0.1, 0.15) is 0 Å². The number of hydrogen-bond donors (Lipinski definition) is 1. The average Bonchev–Trinajstić information content (AvgIpc) is 2.82. The summed E-state index contributed by atoms with van der Waals surface area (Å²) in [4.78, 5) is 18.0. The fourth-order valence-corrected chi connectivity index (χ4v) is 4.35. The van der Waals surface area contributed by atoms with Crippen LogP contribution in [-0.4, -0.2) is 35.2 Å². The molecule has 1 saturated carbocycles. The number of allylic oxidation sites excluding steroid dienone is 1. The minimum absolute atomic E-state index is 0.357. The van der Waals surface area contributed by atoms with Gasteiger partial charge in [-0.15, -0.1) is 0 Å². The molecule has 192 valence electrons. The molecule has 2 N–H and O–H groups in total. The Kier molecular flexibility index (Phi) is 13.2. The zero-order valence-electron chi connectivity index (χ0n) is 21.9. The molecule has 1 aliphatic rings. The van der Waals surface area contributed by atoms with Crippen molar-refractivity contribution >= 4 is 12.1 Å². The van der Waals surface area contributed by atoms with Crippen LogP contribution in [0.3, 0.4) is 0 Å². The van der Waals surface area contributed by atoms with Gasteiger partial charge in [-0.2, -0.15) is 8.78 Å². The van der Waals surface area contributed by atoms with Crippen molar-refractivity contribution in [1.82, 2.24) is 4.90 Å².